The zero-order valence-corrected chi connectivity index (χ0v) is 16.8. The van der Waals surface area contributed by atoms with Gasteiger partial charge < -0.3 is 15.0 Å². The van der Waals surface area contributed by atoms with E-state index in [1.165, 1.54) is 5.56 Å². The predicted octanol–water partition coefficient (Wildman–Crippen LogP) is 2.26. The molecule has 132 valence electrons. The average molecular weight is 443 g/mol. The summed E-state index contributed by atoms with van der Waals surface area (Å²) >= 11 is 0. The van der Waals surface area contributed by atoms with Gasteiger partial charge in [0, 0.05) is 46.0 Å². The third kappa shape index (κ3) is 6.88. The largest absolute Gasteiger partial charge is 0.375 e. The molecule has 0 unspecified atom stereocenters. The van der Waals surface area contributed by atoms with Gasteiger partial charge in [-0.1, -0.05) is 30.3 Å². The summed E-state index contributed by atoms with van der Waals surface area (Å²) in [4.78, 5) is 6.36. The molecule has 1 aromatic heterocycles. The number of aliphatic imine (C=N–C) groups is 1. The fourth-order valence-corrected chi connectivity index (χ4v) is 2.29. The molecule has 7 heteroatoms. The van der Waals surface area contributed by atoms with Gasteiger partial charge in [0.2, 0.25) is 0 Å². The zero-order chi connectivity index (χ0) is 16.5. The molecule has 24 heavy (non-hydrogen) atoms. The van der Waals surface area contributed by atoms with E-state index in [2.05, 4.69) is 32.4 Å². The van der Waals surface area contributed by atoms with Gasteiger partial charge in [0.25, 0.3) is 0 Å². The summed E-state index contributed by atoms with van der Waals surface area (Å²) in [5.41, 5.74) is 2.34. The summed E-state index contributed by atoms with van der Waals surface area (Å²) in [6.45, 7) is 2.75. The molecule has 6 nitrogen and oxygen atoms in total. The minimum atomic E-state index is 0. The van der Waals surface area contributed by atoms with Crippen LogP contribution in [0.3, 0.4) is 0 Å². The maximum atomic E-state index is 5.67. The Labute approximate surface area is 160 Å². The van der Waals surface area contributed by atoms with E-state index in [0.29, 0.717) is 13.2 Å². The van der Waals surface area contributed by atoms with Crippen molar-refractivity contribution < 1.29 is 4.74 Å². The van der Waals surface area contributed by atoms with Crippen molar-refractivity contribution in [1.29, 1.82) is 0 Å². The van der Waals surface area contributed by atoms with E-state index < -0.39 is 0 Å². The van der Waals surface area contributed by atoms with Gasteiger partial charge in [0.05, 0.1) is 19.4 Å². The highest BCUT2D eigenvalue weighted by atomic mass is 127. The molecule has 0 radical (unpaired) electrons. The van der Waals surface area contributed by atoms with Gasteiger partial charge in [-0.05, 0) is 5.56 Å². The molecule has 2 aromatic rings. The number of aryl methyl sites for hydroxylation is 1. The van der Waals surface area contributed by atoms with Gasteiger partial charge in [-0.25, -0.2) is 0 Å². The lowest BCUT2D eigenvalue weighted by Gasteiger charge is -2.21. The maximum absolute atomic E-state index is 5.67. The molecule has 0 aliphatic heterocycles. The lowest BCUT2D eigenvalue weighted by molar-refractivity contribution is 0.125. The molecule has 1 heterocycles. The zero-order valence-electron chi connectivity index (χ0n) is 14.5. The molecule has 0 amide bonds. The smallest absolute Gasteiger partial charge is 0.193 e. The average Bonchev–Trinajstić information content (AvgIpc) is 2.96. The highest BCUT2D eigenvalue weighted by Crippen LogP contribution is 2.02. The number of rotatable bonds is 7. The van der Waals surface area contributed by atoms with Crippen LogP contribution in [0.25, 0.3) is 0 Å². The Balaban J connectivity index is 0.00000288. The number of guanidine groups is 1. The molecular formula is C17H26IN5O. The molecule has 0 aliphatic rings. The van der Waals surface area contributed by atoms with Gasteiger partial charge in [-0.3, -0.25) is 9.67 Å². The first-order valence-corrected chi connectivity index (χ1v) is 7.70. The van der Waals surface area contributed by atoms with Crippen molar-refractivity contribution in [3.63, 3.8) is 0 Å². The third-order valence-corrected chi connectivity index (χ3v) is 3.39. The summed E-state index contributed by atoms with van der Waals surface area (Å²) in [6.07, 6.45) is 3.87. The second-order valence-electron chi connectivity index (χ2n) is 5.39. The SMILES string of the molecule is CN=C(NCCOCc1ccccc1)N(C)Cc1cnn(C)c1.I. The molecule has 1 aromatic carbocycles. The Morgan fingerprint density at radius 3 is 2.67 bits per heavy atom. The second kappa shape index (κ2) is 11.0. The summed E-state index contributed by atoms with van der Waals surface area (Å²) in [5, 5.41) is 7.49. The first-order chi connectivity index (χ1) is 11.2. The van der Waals surface area contributed by atoms with Crippen LogP contribution in [-0.2, 0) is 24.9 Å². The quantitative estimate of drug-likeness (QED) is 0.309. The van der Waals surface area contributed by atoms with Gasteiger partial charge in [-0.15, -0.1) is 24.0 Å². The molecule has 0 spiro atoms. The molecule has 0 bridgehead atoms. The Bertz CT molecular complexity index is 614. The summed E-state index contributed by atoms with van der Waals surface area (Å²) in [5.74, 6) is 0.845. The Morgan fingerprint density at radius 2 is 2.04 bits per heavy atom. The number of nitrogens with zero attached hydrogens (tertiary/aromatic N) is 4. The van der Waals surface area contributed by atoms with Crippen LogP contribution >= 0.6 is 24.0 Å². The lowest BCUT2D eigenvalue weighted by Crippen LogP contribution is -2.39. The van der Waals surface area contributed by atoms with Crippen LogP contribution in [0.1, 0.15) is 11.1 Å². The number of ether oxygens (including phenoxy) is 1. The highest BCUT2D eigenvalue weighted by Gasteiger charge is 2.07. The van der Waals surface area contributed by atoms with Crippen molar-refractivity contribution in [1.82, 2.24) is 20.0 Å². The maximum Gasteiger partial charge on any atom is 0.193 e. The molecule has 0 saturated carbocycles. The van der Waals surface area contributed by atoms with Crippen molar-refractivity contribution in [3.8, 4) is 0 Å². The monoisotopic (exact) mass is 443 g/mol. The lowest BCUT2D eigenvalue weighted by atomic mass is 10.2. The fraction of sp³-hybridized carbons (Fsp3) is 0.412. The van der Waals surface area contributed by atoms with E-state index in [1.54, 1.807) is 11.7 Å². The van der Waals surface area contributed by atoms with Crippen LogP contribution < -0.4 is 5.32 Å². The third-order valence-electron chi connectivity index (χ3n) is 3.39. The number of hydrogen-bond donors (Lipinski definition) is 1. The predicted molar refractivity (Wildman–Crippen MR) is 108 cm³/mol. The van der Waals surface area contributed by atoms with Crippen molar-refractivity contribution in [2.24, 2.45) is 12.0 Å². The van der Waals surface area contributed by atoms with Crippen LogP contribution in [0, 0.1) is 0 Å². The fourth-order valence-electron chi connectivity index (χ4n) is 2.29. The van der Waals surface area contributed by atoms with Crippen molar-refractivity contribution in [3.05, 3.63) is 53.9 Å². The number of hydrogen-bond acceptors (Lipinski definition) is 3. The number of benzene rings is 1. The molecule has 1 N–H and O–H groups in total. The molecule has 0 atom stereocenters. The van der Waals surface area contributed by atoms with Crippen molar-refractivity contribution in [2.45, 2.75) is 13.2 Å². The minimum absolute atomic E-state index is 0. The van der Waals surface area contributed by atoms with Crippen LogP contribution in [0.2, 0.25) is 0 Å². The van der Waals surface area contributed by atoms with Crippen LogP contribution in [0.15, 0.2) is 47.7 Å². The second-order valence-corrected chi connectivity index (χ2v) is 5.39. The Morgan fingerprint density at radius 1 is 1.29 bits per heavy atom. The van der Waals surface area contributed by atoms with Crippen molar-refractivity contribution >= 4 is 29.9 Å². The summed E-state index contributed by atoms with van der Waals surface area (Å²) in [7, 11) is 5.71. The van der Waals surface area contributed by atoms with Crippen LogP contribution in [0.5, 0.6) is 0 Å². The molecular weight excluding hydrogens is 417 g/mol. The number of halogens is 1. The van der Waals surface area contributed by atoms with Gasteiger partial charge >= 0.3 is 0 Å². The Hall–Kier alpha value is -1.61. The normalized spacial score (nSPS) is 11.0. The van der Waals surface area contributed by atoms with Crippen LogP contribution in [-0.4, -0.2) is 47.9 Å². The van der Waals surface area contributed by atoms with Crippen LogP contribution in [0.4, 0.5) is 0 Å². The van der Waals surface area contributed by atoms with E-state index in [-0.39, 0.29) is 24.0 Å². The molecule has 2 rings (SSSR count). The molecule has 0 fully saturated rings. The first-order valence-electron chi connectivity index (χ1n) is 7.70. The van der Waals surface area contributed by atoms with Gasteiger partial charge in [-0.2, -0.15) is 5.10 Å². The Kier molecular flexibility index (Phi) is 9.39. The minimum Gasteiger partial charge on any atom is -0.375 e. The van der Waals surface area contributed by atoms with Crippen molar-refractivity contribution in [2.75, 3.05) is 27.2 Å². The van der Waals surface area contributed by atoms with E-state index in [0.717, 1.165) is 24.6 Å². The van der Waals surface area contributed by atoms with Gasteiger partial charge in [0.15, 0.2) is 5.96 Å². The standard InChI is InChI=1S/C17H25N5O.HI/c1-18-17(21(2)12-16-11-20-22(3)13-16)19-9-10-23-14-15-7-5-4-6-8-15;/h4-8,11,13H,9-10,12,14H2,1-3H3,(H,18,19);1H. The molecule has 0 saturated heterocycles. The van der Waals surface area contributed by atoms with E-state index >= 15 is 0 Å². The highest BCUT2D eigenvalue weighted by molar-refractivity contribution is 14.0. The van der Waals surface area contributed by atoms with E-state index in [4.69, 9.17) is 4.74 Å². The summed E-state index contributed by atoms with van der Waals surface area (Å²) in [6, 6.07) is 10.2. The summed E-state index contributed by atoms with van der Waals surface area (Å²) < 4.78 is 7.47. The topological polar surface area (TPSA) is 54.7 Å². The van der Waals surface area contributed by atoms with Gasteiger partial charge in [0.1, 0.15) is 0 Å². The van der Waals surface area contributed by atoms with E-state index in [1.807, 2.05) is 44.7 Å². The van der Waals surface area contributed by atoms with E-state index in [9.17, 15) is 0 Å². The number of aromatic nitrogens is 2. The first kappa shape index (κ1) is 20.4. The molecule has 0 aliphatic carbocycles. The number of nitrogens with one attached hydrogen (secondary N) is 1.